The molecular weight excluding hydrogens is 524 g/mol. The number of aryl methyl sites for hydroxylation is 1. The number of ether oxygens (including phenoxy) is 3. The van der Waals surface area contributed by atoms with Gasteiger partial charge in [-0.25, -0.2) is 0 Å². The molecule has 2 aliphatic heterocycles. The van der Waals surface area contributed by atoms with Crippen LogP contribution < -0.4 is 25.1 Å². The van der Waals surface area contributed by atoms with Crippen LogP contribution in [0.5, 0.6) is 17.2 Å². The molecule has 6 rings (SSSR count). The smallest absolute Gasteiger partial charge is 0.254 e. The molecule has 200 valence electrons. The van der Waals surface area contributed by atoms with Crippen LogP contribution in [-0.4, -0.2) is 41.9 Å². The van der Waals surface area contributed by atoms with Crippen molar-refractivity contribution in [1.82, 2.24) is 9.88 Å². The van der Waals surface area contributed by atoms with Crippen LogP contribution in [0.4, 0.5) is 0 Å². The summed E-state index contributed by atoms with van der Waals surface area (Å²) in [6.07, 6.45) is 0.0513. The van der Waals surface area contributed by atoms with Crippen molar-refractivity contribution in [2.75, 3.05) is 14.2 Å². The van der Waals surface area contributed by atoms with E-state index in [1.165, 1.54) is 24.9 Å². The van der Waals surface area contributed by atoms with E-state index in [-0.39, 0.29) is 57.7 Å². The van der Waals surface area contributed by atoms with Crippen molar-refractivity contribution in [3.63, 3.8) is 0 Å². The molecule has 1 spiro atoms. The van der Waals surface area contributed by atoms with Gasteiger partial charge in [0.25, 0.3) is 5.56 Å². The van der Waals surface area contributed by atoms with Crippen molar-refractivity contribution in [3.05, 3.63) is 74.2 Å². The normalized spacial score (nSPS) is 24.0. The lowest BCUT2D eigenvalue weighted by atomic mass is 9.66. The van der Waals surface area contributed by atoms with Gasteiger partial charge in [-0.15, -0.1) is 0 Å². The van der Waals surface area contributed by atoms with E-state index in [1.807, 2.05) is 24.3 Å². The maximum absolute atomic E-state index is 14.5. The van der Waals surface area contributed by atoms with Crippen LogP contribution in [0.1, 0.15) is 41.6 Å². The Bertz CT molecular complexity index is 1720. The average Bonchev–Trinajstić information content (AvgIpc) is 3.24. The number of rotatable bonds is 3. The number of aromatic nitrogens is 1. The van der Waals surface area contributed by atoms with E-state index in [0.717, 1.165) is 10.9 Å². The Balaban J connectivity index is 1.54. The Hall–Kier alpha value is -4.11. The van der Waals surface area contributed by atoms with Crippen molar-refractivity contribution >= 4 is 40.0 Å². The van der Waals surface area contributed by atoms with Gasteiger partial charge in [-0.05, 0) is 23.9 Å². The number of methoxy groups -OCH3 is 2. The van der Waals surface area contributed by atoms with Gasteiger partial charge in [0.1, 0.15) is 22.1 Å². The Morgan fingerprint density at radius 3 is 2.46 bits per heavy atom. The van der Waals surface area contributed by atoms with Gasteiger partial charge in [0.2, 0.25) is 23.1 Å². The predicted molar refractivity (Wildman–Crippen MR) is 143 cm³/mol. The Labute approximate surface area is 228 Å². The summed E-state index contributed by atoms with van der Waals surface area (Å²) in [6, 6.07) is 10.6. The first-order chi connectivity index (χ1) is 18.6. The van der Waals surface area contributed by atoms with Gasteiger partial charge < -0.3 is 24.1 Å². The maximum atomic E-state index is 14.5. The maximum Gasteiger partial charge on any atom is 0.254 e. The Morgan fingerprint density at radius 2 is 1.74 bits per heavy atom. The third-order valence-electron chi connectivity index (χ3n) is 8.09. The van der Waals surface area contributed by atoms with Gasteiger partial charge in [-0.1, -0.05) is 36.7 Å². The highest BCUT2D eigenvalue weighted by atomic mass is 35.5. The highest BCUT2D eigenvalue weighted by Gasteiger charge is 2.63. The highest BCUT2D eigenvalue weighted by molar-refractivity contribution is 6.36. The van der Waals surface area contributed by atoms with Gasteiger partial charge in [0.15, 0.2) is 5.75 Å². The van der Waals surface area contributed by atoms with Crippen molar-refractivity contribution in [1.29, 1.82) is 0 Å². The molecule has 3 aromatic rings. The van der Waals surface area contributed by atoms with Crippen LogP contribution in [0.2, 0.25) is 5.02 Å². The number of para-hydroxylation sites is 1. The number of halogens is 1. The third kappa shape index (κ3) is 3.32. The summed E-state index contributed by atoms with van der Waals surface area (Å²) in [5, 5.41) is 3.66. The van der Waals surface area contributed by atoms with Gasteiger partial charge in [0, 0.05) is 48.2 Å². The number of nitrogens with zero attached hydrogens (tertiary/aromatic N) is 1. The molecule has 3 heterocycles. The molecular formula is C29H25ClN2O7. The van der Waals surface area contributed by atoms with E-state index < -0.39 is 29.0 Å². The molecule has 1 aromatic heterocycles. The van der Waals surface area contributed by atoms with E-state index in [2.05, 4.69) is 5.32 Å². The number of fused-ring (bicyclic) bond motifs is 2. The zero-order valence-corrected chi connectivity index (χ0v) is 22.5. The van der Waals surface area contributed by atoms with Gasteiger partial charge in [-0.2, -0.15) is 0 Å². The van der Waals surface area contributed by atoms with Crippen molar-refractivity contribution in [2.24, 2.45) is 13.0 Å². The number of carbonyl (C=O) groups is 3. The molecule has 0 radical (unpaired) electrons. The van der Waals surface area contributed by atoms with E-state index >= 15 is 0 Å². The predicted octanol–water partition coefficient (Wildman–Crippen LogP) is 3.69. The molecule has 3 aliphatic rings. The fourth-order valence-corrected chi connectivity index (χ4v) is 6.42. The highest BCUT2D eigenvalue weighted by Crippen LogP contribution is 2.55. The number of allylic oxidation sites excluding steroid dienone is 1. The topological polar surface area (TPSA) is 113 Å². The number of pyridine rings is 1. The number of nitrogens with one attached hydrogen (secondary N) is 1. The summed E-state index contributed by atoms with van der Waals surface area (Å²) >= 11 is 6.54. The number of ketones is 2. The number of benzene rings is 2. The fraction of sp³-hybridized carbons (Fsp3) is 0.310. The van der Waals surface area contributed by atoms with Crippen LogP contribution in [0.25, 0.3) is 10.9 Å². The Kier molecular flexibility index (Phi) is 5.62. The van der Waals surface area contributed by atoms with Crippen molar-refractivity contribution < 1.29 is 28.6 Å². The van der Waals surface area contributed by atoms with Crippen LogP contribution in [0.3, 0.4) is 0 Å². The quantitative estimate of drug-likeness (QED) is 0.497. The number of carbonyl (C=O) groups excluding carboxylic acids is 3. The summed E-state index contributed by atoms with van der Waals surface area (Å²) in [5.41, 5.74) is -0.575. The SMILES string of the molecule is COc1cc(OC)c2c(c1Cl)O[C@@]1(C(=O)C3=C(C[C@H]1C)NC(=O)CC3c1cc3ccccc3n(C)c1=O)C2=O. The molecule has 1 amide bonds. The Morgan fingerprint density at radius 1 is 1.03 bits per heavy atom. The lowest BCUT2D eigenvalue weighted by molar-refractivity contribution is -0.131. The molecule has 0 saturated heterocycles. The molecule has 2 aromatic carbocycles. The van der Waals surface area contributed by atoms with E-state index in [9.17, 15) is 19.2 Å². The largest absolute Gasteiger partial charge is 0.496 e. The van der Waals surface area contributed by atoms with Crippen LogP contribution in [0, 0.1) is 5.92 Å². The molecule has 0 bridgehead atoms. The third-order valence-corrected chi connectivity index (χ3v) is 8.45. The number of amides is 1. The first kappa shape index (κ1) is 25.2. The number of Topliss-reactive ketones (excluding diaryl/α,β-unsaturated/α-hetero) is 2. The van der Waals surface area contributed by atoms with Gasteiger partial charge in [-0.3, -0.25) is 19.2 Å². The second-order valence-electron chi connectivity index (χ2n) is 10.1. The first-order valence-electron chi connectivity index (χ1n) is 12.5. The van der Waals surface area contributed by atoms with Crippen molar-refractivity contribution in [3.8, 4) is 17.2 Å². The molecule has 1 unspecified atom stereocenters. The van der Waals surface area contributed by atoms with Crippen LogP contribution >= 0.6 is 11.6 Å². The number of hydrogen-bond donors (Lipinski definition) is 1. The zero-order valence-electron chi connectivity index (χ0n) is 21.7. The van der Waals surface area contributed by atoms with Crippen molar-refractivity contribution in [2.45, 2.75) is 31.3 Å². The minimum atomic E-state index is -1.94. The van der Waals surface area contributed by atoms with E-state index in [0.29, 0.717) is 11.3 Å². The molecule has 39 heavy (non-hydrogen) atoms. The summed E-state index contributed by atoms with van der Waals surface area (Å²) in [5.74, 6) is -2.59. The fourth-order valence-electron chi connectivity index (χ4n) is 6.15. The molecule has 0 saturated carbocycles. The summed E-state index contributed by atoms with van der Waals surface area (Å²) in [4.78, 5) is 55.0. The number of hydrogen-bond acceptors (Lipinski definition) is 7. The minimum absolute atomic E-state index is 0.0140. The van der Waals surface area contributed by atoms with Gasteiger partial charge in [0.05, 0.1) is 19.7 Å². The molecule has 10 heteroatoms. The zero-order chi connectivity index (χ0) is 27.8. The lowest BCUT2D eigenvalue weighted by Crippen LogP contribution is -2.59. The molecule has 0 fully saturated rings. The summed E-state index contributed by atoms with van der Waals surface area (Å²) in [7, 11) is 4.47. The summed E-state index contributed by atoms with van der Waals surface area (Å²) < 4.78 is 18.5. The van der Waals surface area contributed by atoms with Crippen LogP contribution in [-0.2, 0) is 16.6 Å². The molecule has 3 atom stereocenters. The average molecular weight is 549 g/mol. The molecule has 9 nitrogen and oxygen atoms in total. The standard InChI is InChI=1S/C29H25ClN2O7/c1-13-9-17-22(15(11-21(33)31-17)16-10-14-7-5-6-8-18(14)32(2)28(16)36)26(34)29(13)27(35)23-19(37-3)12-20(38-4)24(30)25(23)39-29/h5-8,10,12-13,15H,9,11H2,1-4H3,(H,31,33)/t13-,15?,29+/m1/s1. The lowest BCUT2D eigenvalue weighted by Gasteiger charge is -2.41. The summed E-state index contributed by atoms with van der Waals surface area (Å²) in [6.45, 7) is 1.72. The monoisotopic (exact) mass is 548 g/mol. The minimum Gasteiger partial charge on any atom is -0.496 e. The molecule has 1 N–H and O–H groups in total. The molecule has 1 aliphatic carbocycles. The second kappa shape index (κ2) is 8.71. The second-order valence-corrected chi connectivity index (χ2v) is 10.5. The van der Waals surface area contributed by atoms with Gasteiger partial charge >= 0.3 is 0 Å². The van der Waals surface area contributed by atoms with E-state index in [1.54, 1.807) is 20.0 Å². The van der Waals surface area contributed by atoms with E-state index in [4.69, 9.17) is 25.8 Å². The first-order valence-corrected chi connectivity index (χ1v) is 12.9. The van der Waals surface area contributed by atoms with Crippen LogP contribution in [0.15, 0.2) is 52.5 Å².